The van der Waals surface area contributed by atoms with Crippen molar-refractivity contribution in [1.29, 1.82) is 0 Å². The summed E-state index contributed by atoms with van der Waals surface area (Å²) in [5.41, 5.74) is 9.27. The summed E-state index contributed by atoms with van der Waals surface area (Å²) in [6.45, 7) is 0. The van der Waals surface area contributed by atoms with Crippen molar-refractivity contribution in [2.45, 2.75) is 63.3 Å². The van der Waals surface area contributed by atoms with Gasteiger partial charge in [-0.3, -0.25) is 0 Å². The number of fused-ring (bicyclic) bond motifs is 1. The molecule has 0 aromatic heterocycles. The Morgan fingerprint density at radius 2 is 1.78 bits per heavy atom. The SMILES string of the molecule is NC1CCC(CC2CCCc3ccccc32)CC1. The molecule has 18 heavy (non-hydrogen) atoms. The second kappa shape index (κ2) is 5.44. The Hall–Kier alpha value is -0.820. The van der Waals surface area contributed by atoms with Crippen LogP contribution in [0.15, 0.2) is 24.3 Å². The van der Waals surface area contributed by atoms with Gasteiger partial charge < -0.3 is 5.73 Å². The summed E-state index contributed by atoms with van der Waals surface area (Å²) in [4.78, 5) is 0. The average molecular weight is 243 g/mol. The van der Waals surface area contributed by atoms with Gasteiger partial charge in [0.1, 0.15) is 0 Å². The summed E-state index contributed by atoms with van der Waals surface area (Å²) in [6.07, 6.45) is 10.7. The van der Waals surface area contributed by atoms with Gasteiger partial charge >= 0.3 is 0 Å². The van der Waals surface area contributed by atoms with Gasteiger partial charge in [-0.25, -0.2) is 0 Å². The summed E-state index contributed by atoms with van der Waals surface area (Å²) in [7, 11) is 0. The number of benzene rings is 1. The fourth-order valence-electron chi connectivity index (χ4n) is 3.93. The van der Waals surface area contributed by atoms with Crippen LogP contribution in [0.1, 0.15) is 62.0 Å². The predicted octanol–water partition coefficient (Wildman–Crippen LogP) is 4.01. The van der Waals surface area contributed by atoms with E-state index in [4.69, 9.17) is 5.73 Å². The van der Waals surface area contributed by atoms with Gasteiger partial charge in [0.15, 0.2) is 0 Å². The highest BCUT2D eigenvalue weighted by Crippen LogP contribution is 2.39. The molecule has 0 bridgehead atoms. The van der Waals surface area contributed by atoms with Crippen LogP contribution in [0.25, 0.3) is 0 Å². The van der Waals surface area contributed by atoms with Crippen LogP contribution in [0.3, 0.4) is 0 Å². The Bertz CT molecular complexity index is 390. The molecule has 1 saturated carbocycles. The van der Waals surface area contributed by atoms with Crippen molar-refractivity contribution >= 4 is 0 Å². The number of rotatable bonds is 2. The molecule has 3 rings (SSSR count). The lowest BCUT2D eigenvalue weighted by Crippen LogP contribution is -2.27. The second-order valence-electron chi connectivity index (χ2n) is 6.30. The molecule has 1 unspecified atom stereocenters. The van der Waals surface area contributed by atoms with E-state index < -0.39 is 0 Å². The molecule has 0 radical (unpaired) electrons. The monoisotopic (exact) mass is 243 g/mol. The standard InChI is InChI=1S/C17H25N/c18-16-10-8-13(9-11-16)12-15-6-3-5-14-4-1-2-7-17(14)15/h1-2,4,7,13,15-16H,3,5-6,8-12,18H2. The highest BCUT2D eigenvalue weighted by molar-refractivity contribution is 5.32. The van der Waals surface area contributed by atoms with Gasteiger partial charge in [-0.05, 0) is 74.3 Å². The lowest BCUT2D eigenvalue weighted by atomic mass is 9.74. The van der Waals surface area contributed by atoms with Crippen molar-refractivity contribution in [1.82, 2.24) is 0 Å². The first-order valence-corrected chi connectivity index (χ1v) is 7.66. The van der Waals surface area contributed by atoms with E-state index >= 15 is 0 Å². The van der Waals surface area contributed by atoms with E-state index in [0.29, 0.717) is 6.04 Å². The third kappa shape index (κ3) is 2.61. The van der Waals surface area contributed by atoms with Crippen molar-refractivity contribution in [2.24, 2.45) is 11.7 Å². The Kier molecular flexibility index (Phi) is 3.69. The maximum atomic E-state index is 6.01. The van der Waals surface area contributed by atoms with Crippen molar-refractivity contribution < 1.29 is 0 Å². The van der Waals surface area contributed by atoms with Crippen LogP contribution in [0.4, 0.5) is 0 Å². The maximum Gasteiger partial charge on any atom is 0.00390 e. The summed E-state index contributed by atoms with van der Waals surface area (Å²) < 4.78 is 0. The first-order valence-electron chi connectivity index (χ1n) is 7.66. The Labute approximate surface area is 111 Å². The van der Waals surface area contributed by atoms with Gasteiger partial charge in [0.25, 0.3) is 0 Å². The Morgan fingerprint density at radius 3 is 2.61 bits per heavy atom. The molecule has 0 amide bonds. The molecule has 0 heterocycles. The van der Waals surface area contributed by atoms with E-state index in [0.717, 1.165) is 11.8 Å². The van der Waals surface area contributed by atoms with Gasteiger partial charge in [-0.15, -0.1) is 0 Å². The third-order valence-corrected chi connectivity index (χ3v) is 5.00. The van der Waals surface area contributed by atoms with Crippen molar-refractivity contribution in [3.63, 3.8) is 0 Å². The lowest BCUT2D eigenvalue weighted by molar-refractivity contribution is 0.285. The molecule has 2 aliphatic rings. The van der Waals surface area contributed by atoms with Crippen LogP contribution >= 0.6 is 0 Å². The minimum absolute atomic E-state index is 0.486. The van der Waals surface area contributed by atoms with Crippen LogP contribution in [-0.2, 0) is 6.42 Å². The predicted molar refractivity (Wildman–Crippen MR) is 76.7 cm³/mol. The minimum atomic E-state index is 0.486. The largest absolute Gasteiger partial charge is 0.328 e. The average Bonchev–Trinajstić information content (AvgIpc) is 2.42. The van der Waals surface area contributed by atoms with E-state index in [9.17, 15) is 0 Å². The van der Waals surface area contributed by atoms with E-state index in [1.807, 2.05) is 0 Å². The lowest BCUT2D eigenvalue weighted by Gasteiger charge is -2.32. The van der Waals surface area contributed by atoms with Crippen LogP contribution in [0, 0.1) is 5.92 Å². The van der Waals surface area contributed by atoms with Gasteiger partial charge in [-0.2, -0.15) is 0 Å². The quantitative estimate of drug-likeness (QED) is 0.834. The molecule has 2 aliphatic carbocycles. The zero-order chi connectivity index (χ0) is 12.4. The van der Waals surface area contributed by atoms with Crippen LogP contribution in [-0.4, -0.2) is 6.04 Å². The third-order valence-electron chi connectivity index (χ3n) is 5.00. The number of hydrogen-bond acceptors (Lipinski definition) is 1. The molecule has 0 spiro atoms. The van der Waals surface area contributed by atoms with Gasteiger partial charge in [0.05, 0.1) is 0 Å². The molecule has 1 fully saturated rings. The molecule has 0 saturated heterocycles. The summed E-state index contributed by atoms with van der Waals surface area (Å²) in [6, 6.07) is 9.60. The smallest absolute Gasteiger partial charge is 0.00390 e. The molecule has 0 aliphatic heterocycles. The fourth-order valence-corrected chi connectivity index (χ4v) is 3.93. The maximum absolute atomic E-state index is 6.01. The van der Waals surface area contributed by atoms with Crippen LogP contribution in [0.5, 0.6) is 0 Å². The zero-order valence-corrected chi connectivity index (χ0v) is 11.3. The minimum Gasteiger partial charge on any atom is -0.328 e. The highest BCUT2D eigenvalue weighted by atomic mass is 14.6. The highest BCUT2D eigenvalue weighted by Gasteiger charge is 2.25. The van der Waals surface area contributed by atoms with Crippen LogP contribution in [0.2, 0.25) is 0 Å². The Morgan fingerprint density at radius 1 is 1.00 bits per heavy atom. The van der Waals surface area contributed by atoms with E-state index in [-0.39, 0.29) is 0 Å². The van der Waals surface area contributed by atoms with Crippen molar-refractivity contribution in [3.8, 4) is 0 Å². The topological polar surface area (TPSA) is 26.0 Å². The molecule has 1 aromatic carbocycles. The van der Waals surface area contributed by atoms with E-state index in [1.54, 1.807) is 11.1 Å². The molecule has 1 atom stereocenters. The number of aryl methyl sites for hydroxylation is 1. The van der Waals surface area contributed by atoms with Gasteiger partial charge in [0, 0.05) is 6.04 Å². The molecular formula is C17H25N. The molecule has 2 N–H and O–H groups in total. The van der Waals surface area contributed by atoms with E-state index in [2.05, 4.69) is 24.3 Å². The molecule has 1 nitrogen and oxygen atoms in total. The molecule has 1 aromatic rings. The number of hydrogen-bond donors (Lipinski definition) is 1. The van der Waals surface area contributed by atoms with Crippen LogP contribution < -0.4 is 5.73 Å². The molecule has 98 valence electrons. The number of nitrogens with two attached hydrogens (primary N) is 1. The molecule has 1 heteroatoms. The van der Waals surface area contributed by atoms with Gasteiger partial charge in [-0.1, -0.05) is 24.3 Å². The molecular weight excluding hydrogens is 218 g/mol. The first kappa shape index (κ1) is 12.2. The zero-order valence-electron chi connectivity index (χ0n) is 11.3. The summed E-state index contributed by atoms with van der Waals surface area (Å²) in [5, 5.41) is 0. The van der Waals surface area contributed by atoms with Gasteiger partial charge in [0.2, 0.25) is 0 Å². The Balaban J connectivity index is 1.67. The first-order chi connectivity index (χ1) is 8.83. The van der Waals surface area contributed by atoms with Crippen molar-refractivity contribution in [3.05, 3.63) is 35.4 Å². The summed E-state index contributed by atoms with van der Waals surface area (Å²) in [5.74, 6) is 1.76. The summed E-state index contributed by atoms with van der Waals surface area (Å²) >= 11 is 0. The normalized spacial score (nSPS) is 31.9. The van der Waals surface area contributed by atoms with E-state index in [1.165, 1.54) is 51.4 Å². The van der Waals surface area contributed by atoms with Crippen molar-refractivity contribution in [2.75, 3.05) is 0 Å². The fraction of sp³-hybridized carbons (Fsp3) is 0.647. The second-order valence-corrected chi connectivity index (χ2v) is 6.30.